The van der Waals surface area contributed by atoms with E-state index >= 15 is 0 Å². The first-order chi connectivity index (χ1) is 14.9. The fourth-order valence-corrected chi connectivity index (χ4v) is 3.23. The molecule has 0 amide bonds. The molecule has 3 rings (SSSR count). The van der Waals surface area contributed by atoms with Crippen LogP contribution >= 0.6 is 0 Å². The van der Waals surface area contributed by atoms with Gasteiger partial charge in [0.15, 0.2) is 11.5 Å². The van der Waals surface area contributed by atoms with E-state index in [-0.39, 0.29) is 12.3 Å². The van der Waals surface area contributed by atoms with Gasteiger partial charge in [0, 0.05) is 6.07 Å². The van der Waals surface area contributed by atoms with Crippen LogP contribution in [0, 0.1) is 24.0 Å². The molecular weight excluding hydrogens is 394 g/mol. The molecule has 6 nitrogen and oxygen atoms in total. The highest BCUT2D eigenvalue weighted by Gasteiger charge is 2.14. The molecule has 0 N–H and O–H groups in total. The quantitative estimate of drug-likeness (QED) is 0.255. The summed E-state index contributed by atoms with van der Waals surface area (Å²) in [5, 5.41) is 11.2. The van der Waals surface area contributed by atoms with E-state index in [1.807, 2.05) is 43.3 Å². The van der Waals surface area contributed by atoms with Crippen LogP contribution in [0.5, 0.6) is 17.2 Å². The molecule has 0 aliphatic heterocycles. The predicted molar refractivity (Wildman–Crippen MR) is 122 cm³/mol. The summed E-state index contributed by atoms with van der Waals surface area (Å²) in [6.45, 7) is 4.15. The van der Waals surface area contributed by atoms with Crippen molar-refractivity contribution in [2.24, 2.45) is 0 Å². The monoisotopic (exact) mass is 419 g/mol. The Balaban J connectivity index is 1.84. The Morgan fingerprint density at radius 2 is 1.55 bits per heavy atom. The molecule has 0 fully saturated rings. The second-order valence-corrected chi connectivity index (χ2v) is 7.08. The van der Waals surface area contributed by atoms with E-state index in [2.05, 4.69) is 13.0 Å². The van der Waals surface area contributed by atoms with Crippen molar-refractivity contribution in [3.63, 3.8) is 0 Å². The summed E-state index contributed by atoms with van der Waals surface area (Å²) < 4.78 is 16.7. The van der Waals surface area contributed by atoms with Crippen LogP contribution in [-0.2, 0) is 6.61 Å². The number of ether oxygens (including phenoxy) is 3. The van der Waals surface area contributed by atoms with E-state index in [9.17, 15) is 10.1 Å². The summed E-state index contributed by atoms with van der Waals surface area (Å²) in [6, 6.07) is 16.2. The van der Waals surface area contributed by atoms with Crippen molar-refractivity contribution in [3.8, 4) is 17.2 Å². The van der Waals surface area contributed by atoms with Crippen LogP contribution in [0.3, 0.4) is 0 Å². The van der Waals surface area contributed by atoms with Crippen molar-refractivity contribution in [1.29, 1.82) is 0 Å². The van der Waals surface area contributed by atoms with Crippen molar-refractivity contribution in [3.05, 3.63) is 92.5 Å². The molecule has 0 saturated heterocycles. The van der Waals surface area contributed by atoms with Gasteiger partial charge in [-0.2, -0.15) is 0 Å². The first-order valence-corrected chi connectivity index (χ1v) is 9.79. The lowest BCUT2D eigenvalue weighted by Crippen LogP contribution is -2.01. The molecule has 160 valence electrons. The van der Waals surface area contributed by atoms with Crippen molar-refractivity contribution in [2.75, 3.05) is 14.2 Å². The van der Waals surface area contributed by atoms with E-state index in [1.165, 1.54) is 6.07 Å². The van der Waals surface area contributed by atoms with Crippen LogP contribution in [0.1, 0.15) is 27.8 Å². The molecule has 0 spiro atoms. The summed E-state index contributed by atoms with van der Waals surface area (Å²) in [5.41, 5.74) is 4.74. The second-order valence-electron chi connectivity index (χ2n) is 7.08. The second kappa shape index (κ2) is 9.80. The van der Waals surface area contributed by atoms with Crippen molar-refractivity contribution in [1.82, 2.24) is 0 Å². The van der Waals surface area contributed by atoms with Crippen LogP contribution in [0.25, 0.3) is 12.2 Å². The maximum atomic E-state index is 11.2. The van der Waals surface area contributed by atoms with Gasteiger partial charge in [-0.15, -0.1) is 0 Å². The Hall–Kier alpha value is -3.80. The zero-order valence-electron chi connectivity index (χ0n) is 18.0. The van der Waals surface area contributed by atoms with Crippen molar-refractivity contribution < 1.29 is 19.1 Å². The van der Waals surface area contributed by atoms with Crippen LogP contribution in [0.4, 0.5) is 5.69 Å². The Morgan fingerprint density at radius 3 is 2.26 bits per heavy atom. The summed E-state index contributed by atoms with van der Waals surface area (Å²) >= 11 is 0. The molecule has 0 heterocycles. The van der Waals surface area contributed by atoms with E-state index in [1.54, 1.807) is 32.4 Å². The standard InChI is InChI=1S/C25H25NO5/c1-17-13-20(15-24(30-4)18(17)2)10-9-19-11-12-23(29-3)25(14-19)31-16-21-7-5-6-8-22(21)26(27)28/h5-15H,16H2,1-4H3/b10-9-. The minimum absolute atomic E-state index is 0.0289. The number of hydrogen-bond acceptors (Lipinski definition) is 5. The Labute approximate surface area is 181 Å². The van der Waals surface area contributed by atoms with Crippen molar-refractivity contribution in [2.45, 2.75) is 20.5 Å². The van der Waals surface area contributed by atoms with E-state index in [0.29, 0.717) is 17.1 Å². The third-order valence-corrected chi connectivity index (χ3v) is 5.09. The number of hydrogen-bond donors (Lipinski definition) is 0. The largest absolute Gasteiger partial charge is 0.496 e. The molecule has 0 unspecified atom stereocenters. The molecule has 0 radical (unpaired) electrons. The average molecular weight is 419 g/mol. The number of methoxy groups -OCH3 is 2. The fraction of sp³-hybridized carbons (Fsp3) is 0.200. The Kier molecular flexibility index (Phi) is 6.92. The van der Waals surface area contributed by atoms with Gasteiger partial charge in [-0.3, -0.25) is 10.1 Å². The van der Waals surface area contributed by atoms with Gasteiger partial charge in [0.25, 0.3) is 5.69 Å². The first kappa shape index (κ1) is 21.9. The van der Waals surface area contributed by atoms with Crippen LogP contribution < -0.4 is 14.2 Å². The molecule has 31 heavy (non-hydrogen) atoms. The molecule has 3 aromatic rings. The van der Waals surface area contributed by atoms with Gasteiger partial charge in [0.2, 0.25) is 0 Å². The first-order valence-electron chi connectivity index (χ1n) is 9.79. The van der Waals surface area contributed by atoms with Crippen LogP contribution in [0.2, 0.25) is 0 Å². The number of rotatable bonds is 8. The van der Waals surface area contributed by atoms with Crippen LogP contribution in [0.15, 0.2) is 54.6 Å². The number of benzene rings is 3. The van der Waals surface area contributed by atoms with Crippen molar-refractivity contribution >= 4 is 17.8 Å². The SMILES string of the molecule is COc1ccc(/C=C\c2cc(C)c(C)c(OC)c2)cc1OCc1ccccc1[N+](=O)[O-]. The highest BCUT2D eigenvalue weighted by molar-refractivity contribution is 5.72. The number of nitrogens with zero attached hydrogens (tertiary/aromatic N) is 1. The molecule has 0 bridgehead atoms. The van der Waals surface area contributed by atoms with E-state index in [4.69, 9.17) is 14.2 Å². The summed E-state index contributed by atoms with van der Waals surface area (Å²) in [7, 11) is 3.23. The highest BCUT2D eigenvalue weighted by Crippen LogP contribution is 2.31. The lowest BCUT2D eigenvalue weighted by Gasteiger charge is -2.12. The molecule has 0 aliphatic carbocycles. The van der Waals surface area contributed by atoms with E-state index < -0.39 is 4.92 Å². The van der Waals surface area contributed by atoms with Gasteiger partial charge in [0.05, 0.1) is 24.7 Å². The Morgan fingerprint density at radius 1 is 0.871 bits per heavy atom. The maximum absolute atomic E-state index is 11.2. The Bertz CT molecular complexity index is 1120. The molecule has 0 atom stereocenters. The molecular formula is C25H25NO5. The van der Waals surface area contributed by atoms with Gasteiger partial charge in [-0.25, -0.2) is 0 Å². The molecule has 0 aliphatic rings. The van der Waals surface area contributed by atoms with Gasteiger partial charge in [-0.1, -0.05) is 36.4 Å². The number of para-hydroxylation sites is 1. The molecule has 3 aromatic carbocycles. The topological polar surface area (TPSA) is 70.8 Å². The lowest BCUT2D eigenvalue weighted by molar-refractivity contribution is -0.385. The fourth-order valence-electron chi connectivity index (χ4n) is 3.23. The normalized spacial score (nSPS) is 10.8. The van der Waals surface area contributed by atoms with Gasteiger partial charge in [0.1, 0.15) is 12.4 Å². The molecule has 6 heteroatoms. The predicted octanol–water partition coefficient (Wildman–Crippen LogP) is 5.98. The third kappa shape index (κ3) is 5.22. The smallest absolute Gasteiger partial charge is 0.276 e. The minimum atomic E-state index is -0.410. The van der Waals surface area contributed by atoms with E-state index in [0.717, 1.165) is 28.0 Å². The van der Waals surface area contributed by atoms with Gasteiger partial charge >= 0.3 is 0 Å². The zero-order chi connectivity index (χ0) is 22.4. The zero-order valence-corrected chi connectivity index (χ0v) is 18.0. The lowest BCUT2D eigenvalue weighted by atomic mass is 10.0. The van der Waals surface area contributed by atoms with Gasteiger partial charge < -0.3 is 14.2 Å². The minimum Gasteiger partial charge on any atom is -0.496 e. The summed E-state index contributed by atoms with van der Waals surface area (Å²) in [4.78, 5) is 10.8. The number of nitro groups is 1. The van der Waals surface area contributed by atoms with Gasteiger partial charge in [-0.05, 0) is 60.4 Å². The highest BCUT2D eigenvalue weighted by atomic mass is 16.6. The summed E-state index contributed by atoms with van der Waals surface area (Å²) in [6.07, 6.45) is 3.98. The van der Waals surface area contributed by atoms with Crippen LogP contribution in [-0.4, -0.2) is 19.1 Å². The molecule has 0 saturated carbocycles. The summed E-state index contributed by atoms with van der Waals surface area (Å²) in [5.74, 6) is 1.92. The number of aryl methyl sites for hydroxylation is 1. The molecule has 0 aromatic heterocycles. The number of nitro benzene ring substituents is 1. The third-order valence-electron chi connectivity index (χ3n) is 5.09. The maximum Gasteiger partial charge on any atom is 0.276 e. The average Bonchev–Trinajstić information content (AvgIpc) is 2.78.